The quantitative estimate of drug-likeness (QED) is 0.401. The number of aromatic nitrogens is 1. The maximum absolute atomic E-state index is 11.8. The molecule has 1 aromatic heterocycles. The summed E-state index contributed by atoms with van der Waals surface area (Å²) in [5.41, 5.74) is 7.37. The number of esters is 1. The fraction of sp³-hybridized carbons (Fsp3) is 0.286. The molecule has 0 saturated heterocycles. The predicted octanol–water partition coefficient (Wildman–Crippen LogP) is 3.09. The average Bonchev–Trinajstić information content (AvgIpc) is 2.83. The van der Waals surface area contributed by atoms with E-state index in [0.717, 1.165) is 11.3 Å². The van der Waals surface area contributed by atoms with Crippen LogP contribution in [0.1, 0.15) is 27.9 Å². The smallest absolute Gasteiger partial charge is 0.350 e. The number of nitrogen functional groups attached to an aromatic ring is 1. The minimum atomic E-state index is -0.529. The van der Waals surface area contributed by atoms with Gasteiger partial charge in [-0.3, -0.25) is 10.1 Å². The highest BCUT2D eigenvalue weighted by atomic mass is 32.1. The van der Waals surface area contributed by atoms with E-state index in [0.29, 0.717) is 26.7 Å². The van der Waals surface area contributed by atoms with Crippen molar-refractivity contribution in [3.8, 4) is 10.6 Å². The van der Waals surface area contributed by atoms with E-state index in [-0.39, 0.29) is 18.0 Å². The third-order valence-electron chi connectivity index (χ3n) is 3.07. The van der Waals surface area contributed by atoms with E-state index in [1.54, 1.807) is 26.8 Å². The zero-order chi connectivity index (χ0) is 16.4. The minimum absolute atomic E-state index is 0.132. The molecule has 2 aromatic rings. The van der Waals surface area contributed by atoms with Crippen molar-refractivity contribution < 1.29 is 14.5 Å². The predicted molar refractivity (Wildman–Crippen MR) is 84.0 cm³/mol. The molecular formula is C14H15N3O4S. The summed E-state index contributed by atoms with van der Waals surface area (Å²) in [5, 5.41) is 11.6. The van der Waals surface area contributed by atoms with E-state index in [1.807, 2.05) is 0 Å². The highest BCUT2D eigenvalue weighted by Crippen LogP contribution is 2.35. The monoisotopic (exact) mass is 321 g/mol. The fourth-order valence-electron chi connectivity index (χ4n) is 1.96. The van der Waals surface area contributed by atoms with Crippen LogP contribution in [0.15, 0.2) is 12.1 Å². The van der Waals surface area contributed by atoms with E-state index in [9.17, 15) is 14.9 Å². The van der Waals surface area contributed by atoms with Crippen molar-refractivity contribution in [3.05, 3.63) is 38.4 Å². The van der Waals surface area contributed by atoms with Gasteiger partial charge in [0.2, 0.25) is 0 Å². The molecule has 0 unspecified atom stereocenters. The Balaban J connectivity index is 2.51. The number of thiazole rings is 1. The van der Waals surface area contributed by atoms with Crippen molar-refractivity contribution in [1.82, 2.24) is 4.98 Å². The molecule has 1 heterocycles. The molecule has 0 aliphatic rings. The first-order chi connectivity index (χ1) is 10.3. The van der Waals surface area contributed by atoms with E-state index < -0.39 is 10.9 Å². The molecule has 22 heavy (non-hydrogen) atoms. The number of benzene rings is 1. The van der Waals surface area contributed by atoms with Crippen molar-refractivity contribution in [2.75, 3.05) is 12.3 Å². The summed E-state index contributed by atoms with van der Waals surface area (Å²) in [5.74, 6) is -0.439. The lowest BCUT2D eigenvalue weighted by Crippen LogP contribution is -2.03. The van der Waals surface area contributed by atoms with Gasteiger partial charge in [0.15, 0.2) is 0 Å². The van der Waals surface area contributed by atoms with Gasteiger partial charge in [0.1, 0.15) is 15.6 Å². The molecule has 0 atom stereocenters. The molecule has 2 N–H and O–H groups in total. The lowest BCUT2D eigenvalue weighted by Gasteiger charge is -2.04. The molecule has 0 saturated carbocycles. The summed E-state index contributed by atoms with van der Waals surface area (Å²) in [7, 11) is 0. The number of hydrogen-bond donors (Lipinski definition) is 1. The van der Waals surface area contributed by atoms with Gasteiger partial charge in [0.25, 0.3) is 5.69 Å². The van der Waals surface area contributed by atoms with Crippen LogP contribution in [-0.4, -0.2) is 22.5 Å². The first-order valence-corrected chi connectivity index (χ1v) is 7.36. The van der Waals surface area contributed by atoms with Crippen LogP contribution in [0, 0.1) is 24.0 Å². The number of hydrogen-bond acceptors (Lipinski definition) is 7. The summed E-state index contributed by atoms with van der Waals surface area (Å²) in [4.78, 5) is 27.1. The number of nitrogens with zero attached hydrogens (tertiary/aromatic N) is 2. The third-order valence-corrected chi connectivity index (χ3v) is 4.25. The van der Waals surface area contributed by atoms with Crippen molar-refractivity contribution in [3.63, 3.8) is 0 Å². The number of ether oxygens (including phenoxy) is 1. The van der Waals surface area contributed by atoms with Gasteiger partial charge in [-0.2, -0.15) is 0 Å². The van der Waals surface area contributed by atoms with Gasteiger partial charge in [-0.25, -0.2) is 9.78 Å². The van der Waals surface area contributed by atoms with Gasteiger partial charge in [0, 0.05) is 11.6 Å². The van der Waals surface area contributed by atoms with Gasteiger partial charge in [-0.1, -0.05) is 0 Å². The number of carbonyl (C=O) groups excluding carboxylic acids is 1. The van der Waals surface area contributed by atoms with Crippen molar-refractivity contribution in [2.45, 2.75) is 20.8 Å². The minimum Gasteiger partial charge on any atom is -0.462 e. The van der Waals surface area contributed by atoms with Gasteiger partial charge >= 0.3 is 5.97 Å². The summed E-state index contributed by atoms with van der Waals surface area (Å²) >= 11 is 1.15. The Bertz CT molecular complexity index is 755. The lowest BCUT2D eigenvalue weighted by molar-refractivity contribution is -0.383. The highest BCUT2D eigenvalue weighted by molar-refractivity contribution is 7.17. The number of carbonyl (C=O) groups is 1. The summed E-state index contributed by atoms with van der Waals surface area (Å²) < 4.78 is 4.97. The number of rotatable bonds is 4. The first kappa shape index (κ1) is 15.9. The van der Waals surface area contributed by atoms with Crippen LogP contribution in [0.4, 0.5) is 11.4 Å². The molecule has 2 rings (SSSR count). The van der Waals surface area contributed by atoms with Gasteiger partial charge in [0.05, 0.1) is 17.2 Å². The molecule has 1 aromatic carbocycles. The van der Waals surface area contributed by atoms with Crippen LogP contribution in [-0.2, 0) is 4.74 Å². The van der Waals surface area contributed by atoms with Crippen molar-refractivity contribution in [2.24, 2.45) is 0 Å². The molecular weight excluding hydrogens is 306 g/mol. The molecule has 0 aliphatic heterocycles. The Morgan fingerprint density at radius 3 is 2.73 bits per heavy atom. The van der Waals surface area contributed by atoms with Crippen LogP contribution < -0.4 is 5.73 Å². The molecule has 116 valence electrons. The Morgan fingerprint density at radius 1 is 1.45 bits per heavy atom. The second-order valence-corrected chi connectivity index (χ2v) is 5.64. The number of anilines is 1. The normalized spacial score (nSPS) is 10.5. The highest BCUT2D eigenvalue weighted by Gasteiger charge is 2.21. The first-order valence-electron chi connectivity index (χ1n) is 6.54. The zero-order valence-corrected chi connectivity index (χ0v) is 13.2. The van der Waals surface area contributed by atoms with Crippen LogP contribution in [0.2, 0.25) is 0 Å². The van der Waals surface area contributed by atoms with Gasteiger partial charge in [-0.05, 0) is 32.4 Å². The van der Waals surface area contributed by atoms with Crippen molar-refractivity contribution >= 4 is 28.7 Å². The average molecular weight is 321 g/mol. The Morgan fingerprint density at radius 2 is 2.14 bits per heavy atom. The number of nitro groups is 1. The SMILES string of the molecule is CCOC(=O)c1sc(-c2cc(C)c(N)c([N+](=O)[O-])c2)nc1C. The van der Waals surface area contributed by atoms with Gasteiger partial charge < -0.3 is 10.5 Å². The Kier molecular flexibility index (Phi) is 4.41. The maximum atomic E-state index is 11.8. The zero-order valence-electron chi connectivity index (χ0n) is 12.4. The Labute approximate surface area is 130 Å². The Hall–Kier alpha value is -2.48. The van der Waals surface area contributed by atoms with E-state index >= 15 is 0 Å². The summed E-state index contributed by atoms with van der Waals surface area (Å²) in [6.07, 6.45) is 0. The molecule has 0 aliphatic carbocycles. The van der Waals surface area contributed by atoms with Crippen LogP contribution in [0.3, 0.4) is 0 Å². The van der Waals surface area contributed by atoms with E-state index in [2.05, 4.69) is 4.98 Å². The standard InChI is InChI=1S/C14H15N3O4S/c1-4-21-14(18)12-8(3)16-13(22-12)9-5-7(2)11(15)10(6-9)17(19)20/h5-6H,4,15H2,1-3H3. The van der Waals surface area contributed by atoms with Gasteiger partial charge in [-0.15, -0.1) is 11.3 Å². The van der Waals surface area contributed by atoms with Crippen LogP contribution >= 0.6 is 11.3 Å². The molecule has 7 nitrogen and oxygen atoms in total. The summed E-state index contributed by atoms with van der Waals surface area (Å²) in [6.45, 7) is 5.39. The number of nitro benzene ring substituents is 1. The number of nitrogens with two attached hydrogens (primary N) is 1. The summed E-state index contributed by atoms with van der Waals surface area (Å²) in [6, 6.07) is 3.09. The molecule has 0 amide bonds. The second-order valence-electron chi connectivity index (χ2n) is 4.64. The number of aryl methyl sites for hydroxylation is 2. The molecule has 8 heteroatoms. The van der Waals surface area contributed by atoms with E-state index in [4.69, 9.17) is 10.5 Å². The molecule has 0 fully saturated rings. The fourth-order valence-corrected chi connectivity index (χ4v) is 2.91. The molecule has 0 spiro atoms. The van der Waals surface area contributed by atoms with Crippen LogP contribution in [0.5, 0.6) is 0 Å². The second kappa shape index (κ2) is 6.10. The molecule has 0 bridgehead atoms. The van der Waals surface area contributed by atoms with E-state index in [1.165, 1.54) is 6.07 Å². The largest absolute Gasteiger partial charge is 0.462 e. The maximum Gasteiger partial charge on any atom is 0.350 e. The van der Waals surface area contributed by atoms with Crippen LogP contribution in [0.25, 0.3) is 10.6 Å². The third kappa shape index (κ3) is 2.91. The topological polar surface area (TPSA) is 108 Å². The lowest BCUT2D eigenvalue weighted by atomic mass is 10.1. The molecule has 0 radical (unpaired) electrons. The van der Waals surface area contributed by atoms with Crippen molar-refractivity contribution in [1.29, 1.82) is 0 Å².